The van der Waals surface area contributed by atoms with Crippen LogP contribution in [0.25, 0.3) is 11.0 Å². The lowest BCUT2D eigenvalue weighted by Gasteiger charge is -2.18. The quantitative estimate of drug-likeness (QED) is 0.785. The Hall–Kier alpha value is -2.48. The molecular weight excluding hydrogens is 288 g/mol. The second-order valence-corrected chi connectivity index (χ2v) is 4.84. The molecule has 0 aromatic carbocycles. The molecular formula is C14H18N4O4. The maximum absolute atomic E-state index is 12.0. The van der Waals surface area contributed by atoms with Gasteiger partial charge in [0.05, 0.1) is 10.9 Å². The molecule has 8 heteroatoms. The van der Waals surface area contributed by atoms with E-state index in [9.17, 15) is 14.4 Å². The average Bonchev–Trinajstić information content (AvgIpc) is 2.50. The zero-order chi connectivity index (χ0) is 16.3. The number of carbonyl (C=O) groups is 1. The normalized spacial score (nSPS) is 11.2. The molecule has 0 aliphatic heterocycles. The molecule has 0 unspecified atom stereocenters. The average molecular weight is 306 g/mol. The van der Waals surface area contributed by atoms with E-state index in [1.807, 2.05) is 13.8 Å². The number of likely N-dealkylation sites (N-methyl/N-ethyl adjacent to an activating group) is 1. The predicted molar refractivity (Wildman–Crippen MR) is 81.4 cm³/mol. The fourth-order valence-corrected chi connectivity index (χ4v) is 2.27. The third kappa shape index (κ3) is 3.06. The summed E-state index contributed by atoms with van der Waals surface area (Å²) >= 11 is 0. The van der Waals surface area contributed by atoms with Crippen molar-refractivity contribution in [3.8, 4) is 0 Å². The molecule has 2 heterocycles. The highest BCUT2D eigenvalue weighted by Crippen LogP contribution is 2.08. The van der Waals surface area contributed by atoms with Crippen molar-refractivity contribution in [3.63, 3.8) is 0 Å². The van der Waals surface area contributed by atoms with E-state index in [0.717, 1.165) is 19.3 Å². The third-order valence-electron chi connectivity index (χ3n) is 3.61. The van der Waals surface area contributed by atoms with Crippen LogP contribution in [0, 0.1) is 0 Å². The summed E-state index contributed by atoms with van der Waals surface area (Å²) in [5.41, 5.74) is -1.06. The van der Waals surface area contributed by atoms with Gasteiger partial charge in [-0.05, 0) is 19.2 Å². The van der Waals surface area contributed by atoms with Crippen molar-refractivity contribution in [1.82, 2.24) is 19.4 Å². The summed E-state index contributed by atoms with van der Waals surface area (Å²) in [5, 5.41) is 9.07. The minimum Gasteiger partial charge on any atom is -0.478 e. The van der Waals surface area contributed by atoms with Crippen molar-refractivity contribution in [2.75, 3.05) is 19.6 Å². The minimum atomic E-state index is -1.17. The Bertz CT molecular complexity index is 805. The molecule has 0 bridgehead atoms. The van der Waals surface area contributed by atoms with Crippen LogP contribution in [0.2, 0.25) is 0 Å². The van der Waals surface area contributed by atoms with E-state index in [4.69, 9.17) is 5.11 Å². The van der Waals surface area contributed by atoms with Crippen LogP contribution in [0.3, 0.4) is 0 Å². The molecule has 0 aliphatic rings. The number of carboxylic acids is 1. The van der Waals surface area contributed by atoms with Gasteiger partial charge in [-0.25, -0.2) is 14.6 Å². The Kier molecular flexibility index (Phi) is 4.71. The number of aromatic nitrogens is 3. The number of hydrogen-bond donors (Lipinski definition) is 2. The molecule has 0 saturated carbocycles. The van der Waals surface area contributed by atoms with Gasteiger partial charge in [0.25, 0.3) is 5.56 Å². The number of pyridine rings is 1. The van der Waals surface area contributed by atoms with E-state index in [1.54, 1.807) is 0 Å². The zero-order valence-electron chi connectivity index (χ0n) is 12.5. The molecule has 0 amide bonds. The topological polar surface area (TPSA) is 108 Å². The molecule has 2 aromatic rings. The Morgan fingerprint density at radius 3 is 2.64 bits per heavy atom. The van der Waals surface area contributed by atoms with Crippen molar-refractivity contribution in [2.24, 2.45) is 0 Å². The van der Waals surface area contributed by atoms with E-state index in [1.165, 1.54) is 10.6 Å². The number of nitrogens with one attached hydrogen (secondary N) is 1. The van der Waals surface area contributed by atoms with Crippen LogP contribution in [0.15, 0.2) is 21.9 Å². The van der Waals surface area contributed by atoms with Gasteiger partial charge in [0, 0.05) is 19.3 Å². The fraction of sp³-hybridized carbons (Fsp3) is 0.429. The van der Waals surface area contributed by atoms with E-state index in [2.05, 4.69) is 14.9 Å². The molecule has 0 saturated heterocycles. The number of fused-ring (bicyclic) bond motifs is 1. The van der Waals surface area contributed by atoms with Crippen molar-refractivity contribution in [3.05, 3.63) is 38.7 Å². The monoisotopic (exact) mass is 306 g/mol. The van der Waals surface area contributed by atoms with Gasteiger partial charge < -0.3 is 10.0 Å². The zero-order valence-corrected chi connectivity index (χ0v) is 12.5. The van der Waals surface area contributed by atoms with Crippen LogP contribution < -0.4 is 11.2 Å². The third-order valence-corrected chi connectivity index (χ3v) is 3.61. The van der Waals surface area contributed by atoms with Crippen molar-refractivity contribution >= 4 is 17.0 Å². The predicted octanol–water partition coefficient (Wildman–Crippen LogP) is 0.125. The summed E-state index contributed by atoms with van der Waals surface area (Å²) in [7, 11) is 0. The summed E-state index contributed by atoms with van der Waals surface area (Å²) < 4.78 is 1.36. The van der Waals surface area contributed by atoms with Crippen molar-refractivity contribution in [1.29, 1.82) is 0 Å². The summed E-state index contributed by atoms with van der Waals surface area (Å²) in [6, 6.07) is 1.23. The minimum absolute atomic E-state index is 0.0908. The van der Waals surface area contributed by atoms with Crippen LogP contribution in [0.1, 0.15) is 24.2 Å². The molecule has 118 valence electrons. The first-order valence-corrected chi connectivity index (χ1v) is 7.06. The molecule has 2 aromatic heterocycles. The first-order chi connectivity index (χ1) is 10.5. The number of aromatic carboxylic acids is 1. The molecule has 0 spiro atoms. The molecule has 2 N–H and O–H groups in total. The Morgan fingerprint density at radius 1 is 1.36 bits per heavy atom. The smallest absolute Gasteiger partial charge is 0.337 e. The van der Waals surface area contributed by atoms with Gasteiger partial charge in [-0.2, -0.15) is 0 Å². The van der Waals surface area contributed by atoms with Crippen molar-refractivity contribution < 1.29 is 9.90 Å². The summed E-state index contributed by atoms with van der Waals surface area (Å²) in [4.78, 5) is 43.2. The first kappa shape index (κ1) is 15.9. The Morgan fingerprint density at radius 2 is 2.05 bits per heavy atom. The van der Waals surface area contributed by atoms with Gasteiger partial charge in [-0.15, -0.1) is 0 Å². The molecule has 0 fully saturated rings. The fourth-order valence-electron chi connectivity index (χ4n) is 2.27. The molecule has 2 rings (SSSR count). The summed E-state index contributed by atoms with van der Waals surface area (Å²) in [6.45, 7) is 6.75. The number of H-pyrrole nitrogens is 1. The van der Waals surface area contributed by atoms with Gasteiger partial charge >= 0.3 is 11.7 Å². The highest BCUT2D eigenvalue weighted by atomic mass is 16.4. The van der Waals surface area contributed by atoms with Crippen LogP contribution >= 0.6 is 0 Å². The number of aromatic amines is 1. The maximum atomic E-state index is 12.0. The van der Waals surface area contributed by atoms with Gasteiger partial charge in [0.2, 0.25) is 0 Å². The second-order valence-electron chi connectivity index (χ2n) is 4.84. The number of hydrogen-bond acceptors (Lipinski definition) is 5. The van der Waals surface area contributed by atoms with Crippen molar-refractivity contribution in [2.45, 2.75) is 20.4 Å². The Balaban J connectivity index is 2.52. The van der Waals surface area contributed by atoms with Crippen LogP contribution in [0.5, 0.6) is 0 Å². The molecule has 0 radical (unpaired) electrons. The largest absolute Gasteiger partial charge is 0.478 e. The molecule has 22 heavy (non-hydrogen) atoms. The lowest BCUT2D eigenvalue weighted by molar-refractivity contribution is 0.0696. The molecule has 0 aliphatic carbocycles. The maximum Gasteiger partial charge on any atom is 0.337 e. The SMILES string of the molecule is CCN(CC)CCn1c(=O)[nH]c(=O)c2cc(C(=O)O)cnc21. The number of nitrogens with zero attached hydrogens (tertiary/aromatic N) is 3. The van der Waals surface area contributed by atoms with Crippen LogP contribution in [-0.4, -0.2) is 50.1 Å². The van der Waals surface area contributed by atoms with E-state index in [-0.39, 0.29) is 16.6 Å². The number of carboxylic acid groups (broad SMARTS) is 1. The first-order valence-electron chi connectivity index (χ1n) is 7.06. The van der Waals surface area contributed by atoms with E-state index in [0.29, 0.717) is 13.1 Å². The van der Waals surface area contributed by atoms with E-state index >= 15 is 0 Å². The van der Waals surface area contributed by atoms with Gasteiger partial charge in [0.1, 0.15) is 5.65 Å². The summed E-state index contributed by atoms with van der Waals surface area (Å²) in [6.07, 6.45) is 1.15. The highest BCUT2D eigenvalue weighted by Gasteiger charge is 2.13. The van der Waals surface area contributed by atoms with Crippen LogP contribution in [0.4, 0.5) is 0 Å². The lowest BCUT2D eigenvalue weighted by Crippen LogP contribution is -2.35. The number of rotatable bonds is 6. The Labute approximate surface area is 126 Å². The van der Waals surface area contributed by atoms with Gasteiger partial charge in [-0.1, -0.05) is 13.8 Å². The van der Waals surface area contributed by atoms with E-state index < -0.39 is 17.2 Å². The van der Waals surface area contributed by atoms with Gasteiger partial charge in [-0.3, -0.25) is 14.3 Å². The van der Waals surface area contributed by atoms with Crippen LogP contribution in [-0.2, 0) is 6.54 Å². The second kappa shape index (κ2) is 6.52. The lowest BCUT2D eigenvalue weighted by atomic mass is 10.2. The molecule has 8 nitrogen and oxygen atoms in total. The molecule has 0 atom stereocenters. The van der Waals surface area contributed by atoms with Gasteiger partial charge in [0.15, 0.2) is 0 Å². The standard InChI is InChI=1S/C14H18N4O4/c1-3-17(4-2)5-6-18-11-10(12(19)16-14(18)22)7-9(8-15-11)13(20)21/h7-8H,3-6H2,1-2H3,(H,20,21)(H,16,19,22). The summed E-state index contributed by atoms with van der Waals surface area (Å²) in [5.74, 6) is -1.17. The highest BCUT2D eigenvalue weighted by molar-refractivity contribution is 5.91.